The van der Waals surface area contributed by atoms with Crippen molar-refractivity contribution in [3.05, 3.63) is 65.0 Å². The van der Waals surface area contributed by atoms with Gasteiger partial charge >= 0.3 is 5.63 Å². The number of carbonyl (C=O) groups is 1. The van der Waals surface area contributed by atoms with Gasteiger partial charge in [-0.3, -0.25) is 4.79 Å². The van der Waals surface area contributed by atoms with E-state index in [2.05, 4.69) is 5.32 Å². The number of aliphatic hydroxyl groups is 1. The van der Waals surface area contributed by atoms with E-state index in [1.54, 1.807) is 12.1 Å². The summed E-state index contributed by atoms with van der Waals surface area (Å²) in [6, 6.07) is 14.9. The zero-order valence-corrected chi connectivity index (χ0v) is 16.6. The minimum atomic E-state index is -3.36. The monoisotopic (exact) mass is 429 g/mol. The maximum atomic E-state index is 12.1. The molecule has 0 saturated carbocycles. The fourth-order valence-electron chi connectivity index (χ4n) is 3.45. The maximum absolute atomic E-state index is 12.1. The predicted octanol–water partition coefficient (Wildman–Crippen LogP) is 1.11. The van der Waals surface area contributed by atoms with Crippen LogP contribution in [0.1, 0.15) is 0 Å². The van der Waals surface area contributed by atoms with Gasteiger partial charge in [-0.2, -0.15) is 0 Å². The Hall–Kier alpha value is -3.17. The first-order valence-corrected chi connectivity index (χ1v) is 11.1. The number of hydrogen-bond donors (Lipinski definition) is 2. The third-order valence-corrected chi connectivity index (χ3v) is 6.56. The molecule has 2 aromatic carbocycles. The highest BCUT2D eigenvalue weighted by molar-refractivity contribution is 7.91. The zero-order valence-electron chi connectivity index (χ0n) is 15.8. The van der Waals surface area contributed by atoms with Gasteiger partial charge in [-0.15, -0.1) is 0 Å². The molecular weight excluding hydrogens is 410 g/mol. The van der Waals surface area contributed by atoms with Crippen LogP contribution < -0.4 is 15.7 Å². The van der Waals surface area contributed by atoms with Crippen molar-refractivity contribution in [2.24, 2.45) is 0 Å². The number of carbonyl (C=O) groups excluding carboxylic acids is 1. The van der Waals surface area contributed by atoms with Crippen molar-refractivity contribution in [2.45, 2.75) is 12.1 Å². The molecule has 2 heterocycles. The van der Waals surface area contributed by atoms with Gasteiger partial charge in [0.05, 0.1) is 23.7 Å². The Morgan fingerprint density at radius 2 is 1.90 bits per heavy atom. The van der Waals surface area contributed by atoms with Crippen LogP contribution in [0.2, 0.25) is 0 Å². The van der Waals surface area contributed by atoms with Crippen LogP contribution in [-0.2, 0) is 14.6 Å². The predicted molar refractivity (Wildman–Crippen MR) is 110 cm³/mol. The highest BCUT2D eigenvalue weighted by Crippen LogP contribution is 2.29. The Kier molecular flexibility index (Phi) is 5.31. The summed E-state index contributed by atoms with van der Waals surface area (Å²) in [7, 11) is -3.36. The summed E-state index contributed by atoms with van der Waals surface area (Å²) in [4.78, 5) is 24.1. The Bertz CT molecular complexity index is 1250. The van der Waals surface area contributed by atoms with Crippen molar-refractivity contribution in [3.8, 4) is 16.9 Å². The van der Waals surface area contributed by atoms with E-state index in [9.17, 15) is 23.1 Å². The molecule has 2 N–H and O–H groups in total. The number of amides is 1. The van der Waals surface area contributed by atoms with E-state index in [4.69, 9.17) is 9.15 Å². The molecule has 156 valence electrons. The van der Waals surface area contributed by atoms with Crippen molar-refractivity contribution < 1.29 is 27.5 Å². The summed E-state index contributed by atoms with van der Waals surface area (Å²) in [6.45, 7) is -0.378. The third-order valence-electron chi connectivity index (χ3n) is 4.84. The highest BCUT2D eigenvalue weighted by Gasteiger charge is 2.37. The van der Waals surface area contributed by atoms with Gasteiger partial charge in [0.1, 0.15) is 11.3 Å². The van der Waals surface area contributed by atoms with Gasteiger partial charge in [-0.05, 0) is 23.3 Å². The molecule has 3 aromatic rings. The van der Waals surface area contributed by atoms with E-state index in [0.717, 1.165) is 16.5 Å². The zero-order chi connectivity index (χ0) is 21.3. The molecule has 8 nitrogen and oxygen atoms in total. The molecule has 30 heavy (non-hydrogen) atoms. The van der Waals surface area contributed by atoms with E-state index in [1.165, 1.54) is 12.1 Å². The van der Waals surface area contributed by atoms with Gasteiger partial charge in [-0.25, -0.2) is 13.2 Å². The molecule has 2 atom stereocenters. The number of benzene rings is 2. The number of sulfone groups is 1. The number of nitrogens with one attached hydrogen (secondary N) is 1. The lowest BCUT2D eigenvalue weighted by molar-refractivity contribution is -0.124. The van der Waals surface area contributed by atoms with Gasteiger partial charge < -0.3 is 19.6 Å². The van der Waals surface area contributed by atoms with Crippen LogP contribution in [-0.4, -0.2) is 49.7 Å². The van der Waals surface area contributed by atoms with Crippen molar-refractivity contribution in [1.82, 2.24) is 5.32 Å². The van der Waals surface area contributed by atoms with E-state index in [1.807, 2.05) is 30.3 Å². The molecule has 0 spiro atoms. The summed E-state index contributed by atoms with van der Waals surface area (Å²) >= 11 is 0. The fourth-order valence-corrected chi connectivity index (χ4v) is 5.19. The molecule has 1 aliphatic heterocycles. The summed E-state index contributed by atoms with van der Waals surface area (Å²) in [5, 5.41) is 12.9. The lowest BCUT2D eigenvalue weighted by Gasteiger charge is -2.15. The largest absolute Gasteiger partial charge is 0.484 e. The topological polar surface area (TPSA) is 123 Å². The van der Waals surface area contributed by atoms with Crippen molar-refractivity contribution >= 4 is 26.7 Å². The third kappa shape index (κ3) is 4.37. The molecular formula is C21H19NO7S. The van der Waals surface area contributed by atoms with Gasteiger partial charge in [0.2, 0.25) is 0 Å². The molecule has 0 radical (unpaired) electrons. The van der Waals surface area contributed by atoms with Crippen LogP contribution in [0, 0.1) is 0 Å². The van der Waals surface area contributed by atoms with E-state index in [0.29, 0.717) is 11.3 Å². The second-order valence-electron chi connectivity index (χ2n) is 7.11. The van der Waals surface area contributed by atoms with E-state index >= 15 is 0 Å². The summed E-state index contributed by atoms with van der Waals surface area (Å²) in [6.07, 6.45) is -1.13. The van der Waals surface area contributed by atoms with E-state index < -0.39 is 33.5 Å². The van der Waals surface area contributed by atoms with Gasteiger partial charge in [0.25, 0.3) is 5.91 Å². The second-order valence-corrected chi connectivity index (χ2v) is 9.26. The average molecular weight is 429 g/mol. The Morgan fingerprint density at radius 3 is 2.60 bits per heavy atom. The first-order chi connectivity index (χ1) is 14.3. The number of hydrogen-bond acceptors (Lipinski definition) is 7. The first-order valence-electron chi connectivity index (χ1n) is 9.25. The summed E-state index contributed by atoms with van der Waals surface area (Å²) in [5.41, 5.74) is 1.40. The quantitative estimate of drug-likeness (QED) is 0.583. The minimum absolute atomic E-state index is 0.302. The summed E-state index contributed by atoms with van der Waals surface area (Å²) in [5.74, 6) is -0.920. The van der Waals surface area contributed by atoms with Crippen LogP contribution in [0.25, 0.3) is 22.1 Å². The Balaban J connectivity index is 1.49. The van der Waals surface area contributed by atoms with Gasteiger partial charge in [-0.1, -0.05) is 30.3 Å². The molecule has 1 aliphatic rings. The molecule has 4 rings (SSSR count). The van der Waals surface area contributed by atoms with Crippen molar-refractivity contribution in [2.75, 3.05) is 18.1 Å². The number of rotatable bonds is 5. The highest BCUT2D eigenvalue weighted by atomic mass is 32.2. The normalized spacial score (nSPS) is 20.2. The average Bonchev–Trinajstić information content (AvgIpc) is 2.97. The van der Waals surface area contributed by atoms with Crippen LogP contribution in [0.3, 0.4) is 0 Å². The molecule has 1 saturated heterocycles. The maximum Gasteiger partial charge on any atom is 0.336 e. The number of aliphatic hydroxyl groups excluding tert-OH is 1. The van der Waals surface area contributed by atoms with Crippen LogP contribution in [0.4, 0.5) is 0 Å². The Labute approximate surface area is 172 Å². The van der Waals surface area contributed by atoms with Crippen molar-refractivity contribution in [3.63, 3.8) is 0 Å². The SMILES string of the molecule is O=C(COc1ccc2c(-c3ccccc3)cc(=O)oc2c1)NC1CS(=O)(=O)CC1O. The van der Waals surface area contributed by atoms with Gasteiger partial charge in [0, 0.05) is 17.5 Å². The van der Waals surface area contributed by atoms with Crippen LogP contribution >= 0.6 is 0 Å². The molecule has 0 bridgehead atoms. The van der Waals surface area contributed by atoms with Crippen LogP contribution in [0.15, 0.2) is 63.8 Å². The Morgan fingerprint density at radius 1 is 1.13 bits per heavy atom. The molecule has 1 fully saturated rings. The lowest BCUT2D eigenvalue weighted by Crippen LogP contribution is -2.44. The molecule has 9 heteroatoms. The lowest BCUT2D eigenvalue weighted by atomic mass is 10.0. The standard InChI is InChI=1S/C21H19NO7S/c23-18-12-30(26,27)11-17(18)22-20(24)10-28-14-6-7-15-16(13-4-2-1-3-5-13)9-21(25)29-19(15)8-14/h1-9,17-18,23H,10-12H2,(H,22,24). The fraction of sp³-hybridized carbons (Fsp3) is 0.238. The molecule has 0 aliphatic carbocycles. The number of ether oxygens (including phenoxy) is 1. The first kappa shape index (κ1) is 20.1. The number of fused-ring (bicyclic) bond motifs is 1. The molecule has 1 aromatic heterocycles. The summed E-state index contributed by atoms with van der Waals surface area (Å²) < 4.78 is 33.8. The smallest absolute Gasteiger partial charge is 0.336 e. The molecule has 2 unspecified atom stereocenters. The minimum Gasteiger partial charge on any atom is -0.484 e. The van der Waals surface area contributed by atoms with E-state index in [-0.39, 0.29) is 18.1 Å². The second kappa shape index (κ2) is 7.92. The molecule has 1 amide bonds. The van der Waals surface area contributed by atoms with Crippen LogP contribution in [0.5, 0.6) is 5.75 Å². The van der Waals surface area contributed by atoms with Crippen molar-refractivity contribution in [1.29, 1.82) is 0 Å². The van der Waals surface area contributed by atoms with Gasteiger partial charge in [0.15, 0.2) is 16.4 Å².